The number of ether oxygens (including phenoxy) is 2. The fourth-order valence-electron chi connectivity index (χ4n) is 9.24. The number of hydrogen-bond acceptors (Lipinski definition) is 52. The standard InChI is InChI=1S/C24H52N3O25P7.C17H39N3O21P6.C7H13O4P/c1-21-18-23(28)24(47-21)20-46-55(33,34)49-57(37,38)51-59(41,42)52-58(39,40)50-56(35,36)48-54(31,32)45-16-12-9-7-5-3-4-6-8-11-15-27-19-22(25-26-27)14-10-13-17-44-53(29,30)43-2;1-15-13-16(21)17(36-15)14-35-43(24,25)38-45(28,29)40-47(32,33)41-46(30,31)39-44(26,27)37-42(22,23)34-12-10-8-6-4-2-3-5-7-9-11-19-20-18;1-3-4-5-6-7-11-12(8,9)10-2/h19,21,23-24,28H,3-18,20H2,1-2H3,(H,29,30)(H,31,32)(H,33,34)(H,35,36)(H,37,38)(H,39,40)(H,41,42);15-17,21H,2-14H2,1H3,(H,22,23)(H,24,25)(H,26,27)(H,28,29)(H,30,31)(H,32,33);1H,4-7H2,2H3,(H,8,9)/p-13/t21-,23+,24+;15-,16+,17+;/m00./s1. The maximum atomic E-state index is 11.9. The van der Waals surface area contributed by atoms with E-state index in [4.69, 9.17) is 26.0 Å². The third kappa shape index (κ3) is 59.8. The van der Waals surface area contributed by atoms with Gasteiger partial charge in [-0.15, -0.1) is 17.4 Å². The Balaban J connectivity index is 0.00000105. The van der Waals surface area contributed by atoms with Gasteiger partial charge in [0.1, 0.15) is 12.2 Å². The Hall–Kier alpha value is -0.210. The first-order valence-electron chi connectivity index (χ1n) is 34.7. The lowest BCUT2D eigenvalue weighted by Crippen LogP contribution is -2.27. The first-order chi connectivity index (χ1) is 54.2. The normalized spacial score (nSPS) is 24.2. The van der Waals surface area contributed by atoms with Crippen LogP contribution in [0, 0.1) is 12.3 Å². The molecule has 2 saturated heterocycles. The van der Waals surface area contributed by atoms with Crippen LogP contribution in [0.15, 0.2) is 11.3 Å². The van der Waals surface area contributed by atoms with Crippen LogP contribution in [-0.4, -0.2) is 127 Å². The van der Waals surface area contributed by atoms with Gasteiger partial charge >= 0.3 is 7.82 Å². The molecule has 0 aliphatic carbocycles. The molecule has 2 aliphatic heterocycles. The smallest absolute Gasteiger partial charge is 0.471 e. The Labute approximate surface area is 677 Å². The Kier molecular flexibility index (Phi) is 54.6. The molecule has 0 bridgehead atoms. The molecule has 14 unspecified atom stereocenters. The molecule has 696 valence electrons. The van der Waals surface area contributed by atoms with Crippen molar-refractivity contribution in [2.45, 2.75) is 224 Å². The SMILES string of the molecule is C#CCCCCOP(=O)([O-])OC.COP(=O)(O)OCCCCc1cn(CCCCCCCCCCCOP(=O)([O-])OP(=O)([O-])OP(=O)([O-])OP(=O)([O-])OP(=O)([O-])OP(=O)([O-])OC[C@H]2O[C@@H](C)C[C@H]2O)nn1.C[C@H]1C[C@@H](O)[C@@H](COP(=O)([O-])OP(=O)([O-])OP(=O)([O-])OP(=O)([O-])OP(=O)([O-])OP(=O)([O-])OCCCCCCCCCCCN=[N+]=[N-])O1. The van der Waals surface area contributed by atoms with Crippen molar-refractivity contribution in [3.05, 3.63) is 22.3 Å². The maximum Gasteiger partial charge on any atom is 0.471 e. The molecule has 1 aromatic heterocycles. The van der Waals surface area contributed by atoms with Crippen LogP contribution in [-0.2, 0) is 166 Å². The monoisotopic (exact) mass is 1990 g/mol. The van der Waals surface area contributed by atoms with E-state index < -0.39 is 173 Å². The molecule has 0 saturated carbocycles. The summed E-state index contributed by atoms with van der Waals surface area (Å²) in [6.07, 6.45) is 17.9. The second kappa shape index (κ2) is 55.6. The van der Waals surface area contributed by atoms with Crippen molar-refractivity contribution in [2.75, 3.05) is 60.4 Å². The number of nitrogens with zero attached hydrogens (tertiary/aromatic N) is 6. The summed E-state index contributed by atoms with van der Waals surface area (Å²) in [4.78, 5) is 164. The zero-order valence-electron chi connectivity index (χ0n) is 63.1. The molecule has 2 fully saturated rings. The average Bonchev–Trinajstić information content (AvgIpc) is 1.16. The minimum Gasteiger partial charge on any atom is -0.756 e. The van der Waals surface area contributed by atoms with Crippen LogP contribution in [0.4, 0.5) is 0 Å². The van der Waals surface area contributed by atoms with Crippen molar-refractivity contribution in [3.8, 4) is 12.3 Å². The molecule has 2 aliphatic rings. The number of terminal acetylenes is 1. The lowest BCUT2D eigenvalue weighted by molar-refractivity contribution is -0.264. The Morgan fingerprint density at radius 3 is 1.06 bits per heavy atom. The molecule has 0 spiro atoms. The molecule has 118 heavy (non-hydrogen) atoms. The van der Waals surface area contributed by atoms with E-state index in [1.54, 1.807) is 4.68 Å². The van der Waals surface area contributed by atoms with E-state index >= 15 is 0 Å². The second-order valence-corrected chi connectivity index (χ2v) is 45.8. The molecule has 0 radical (unpaired) electrons. The molecule has 0 aromatic carbocycles. The van der Waals surface area contributed by atoms with Crippen LogP contribution < -0.4 is 63.6 Å². The molecule has 1 aromatic rings. The summed E-state index contributed by atoms with van der Waals surface area (Å²) in [5.74, 6) is 2.45. The molecular weight excluding hydrogens is 1890 g/mol. The summed E-state index contributed by atoms with van der Waals surface area (Å²) in [5, 5.41) is 31.0. The highest BCUT2D eigenvalue weighted by atomic mass is 31.3. The van der Waals surface area contributed by atoms with Crippen molar-refractivity contribution in [2.24, 2.45) is 5.11 Å². The highest BCUT2D eigenvalue weighted by Gasteiger charge is 2.38. The van der Waals surface area contributed by atoms with E-state index in [9.17, 15) is 143 Å². The van der Waals surface area contributed by atoms with Crippen molar-refractivity contribution < 1.29 is 231 Å². The lowest BCUT2D eigenvalue weighted by atomic mass is 10.1. The molecule has 3 rings (SSSR count). The number of unbranched alkanes of at least 4 members (excludes halogenated alkanes) is 19. The molecule has 0 amide bonds. The number of aryl methyl sites for hydroxylation is 2. The number of rotatable bonds is 65. The number of phosphoric ester groups is 6. The van der Waals surface area contributed by atoms with Crippen molar-refractivity contribution >= 4 is 110 Å². The highest BCUT2D eigenvalue weighted by molar-refractivity contribution is 7.72. The van der Waals surface area contributed by atoms with Crippen molar-refractivity contribution in [1.82, 2.24) is 15.0 Å². The van der Waals surface area contributed by atoms with Crippen molar-refractivity contribution in [3.63, 3.8) is 0 Å². The zero-order chi connectivity index (χ0) is 90.0. The van der Waals surface area contributed by atoms with Gasteiger partial charge in [0, 0.05) is 57.7 Å². The van der Waals surface area contributed by atoms with Crippen LogP contribution in [0.5, 0.6) is 0 Å². The van der Waals surface area contributed by atoms with Gasteiger partial charge in [0.15, 0.2) is 0 Å². The Morgan fingerprint density at radius 2 is 0.737 bits per heavy atom. The largest absolute Gasteiger partial charge is 0.756 e. The van der Waals surface area contributed by atoms with Gasteiger partial charge in [0.25, 0.3) is 102 Å². The lowest BCUT2D eigenvalue weighted by Gasteiger charge is -2.38. The number of phosphoric acid groups is 14. The van der Waals surface area contributed by atoms with Gasteiger partial charge < -0.3 is 115 Å². The van der Waals surface area contributed by atoms with Crippen LogP contribution in [0.25, 0.3) is 10.4 Å². The number of aliphatic hydroxyl groups is 2. The second-order valence-electron chi connectivity index (χ2n) is 24.4. The number of aliphatic hydroxyl groups excluding tert-OH is 2. The molecular formula is C48H91N6O50P14-13. The fraction of sp³-hybridized carbons (Fsp3) is 0.917. The topological polar surface area (TPSA) is 864 Å². The van der Waals surface area contributed by atoms with Gasteiger partial charge in [-0.3, -0.25) is 73.1 Å². The van der Waals surface area contributed by atoms with E-state index in [0.29, 0.717) is 70.9 Å². The van der Waals surface area contributed by atoms with E-state index in [1.165, 1.54) is 13.8 Å². The van der Waals surface area contributed by atoms with Gasteiger partial charge in [-0.1, -0.05) is 100 Å². The molecule has 3 N–H and O–H groups in total. The third-order valence-electron chi connectivity index (χ3n) is 14.2. The van der Waals surface area contributed by atoms with Crippen LogP contribution in [0.3, 0.4) is 0 Å². The van der Waals surface area contributed by atoms with Crippen LogP contribution >= 0.6 is 110 Å². The minimum absolute atomic E-state index is 0.0651. The van der Waals surface area contributed by atoms with E-state index in [1.807, 2.05) is 6.20 Å². The Morgan fingerprint density at radius 1 is 0.441 bits per heavy atom. The summed E-state index contributed by atoms with van der Waals surface area (Å²) in [6.45, 7) is 1.18. The van der Waals surface area contributed by atoms with Crippen LogP contribution in [0.2, 0.25) is 0 Å². The predicted molar refractivity (Wildman–Crippen MR) is 372 cm³/mol. The summed E-state index contributed by atoms with van der Waals surface area (Å²) >= 11 is 0. The molecule has 70 heteroatoms. The van der Waals surface area contributed by atoms with Gasteiger partial charge in [0.05, 0.1) is 69.8 Å². The first-order valence-corrected chi connectivity index (χ1v) is 55.2. The average molecular weight is 1990 g/mol. The number of hydrogen-bond donors (Lipinski definition) is 3. The summed E-state index contributed by atoms with van der Waals surface area (Å²) in [7, 11) is -83.0. The quantitative estimate of drug-likeness (QED) is 0.0210. The Bertz CT molecular complexity index is 3970. The van der Waals surface area contributed by atoms with Crippen LogP contribution in [0.1, 0.15) is 180 Å². The molecule has 20 atom stereocenters. The predicted octanol–water partition coefficient (Wildman–Crippen LogP) is 3.53. The van der Waals surface area contributed by atoms with Crippen molar-refractivity contribution in [1.29, 1.82) is 0 Å². The maximum absolute atomic E-state index is 11.9. The first kappa shape index (κ1) is 116. The fourth-order valence-corrected chi connectivity index (χ4v) is 25.2. The summed E-state index contributed by atoms with van der Waals surface area (Å²) in [5.41, 5.74) is 8.97. The number of aromatic nitrogens is 3. The van der Waals surface area contributed by atoms with E-state index in [2.05, 4.69) is 101 Å². The minimum atomic E-state index is -6.82. The summed E-state index contributed by atoms with van der Waals surface area (Å²) < 4.78 is 243. The highest BCUT2D eigenvalue weighted by Crippen LogP contribution is 2.73. The number of azide groups is 1. The van der Waals surface area contributed by atoms with E-state index in [-0.39, 0.29) is 38.9 Å². The molecule has 3 heterocycles. The zero-order valence-corrected chi connectivity index (χ0v) is 75.7. The molecule has 56 nitrogen and oxygen atoms in total. The van der Waals surface area contributed by atoms with Gasteiger partial charge in [-0.25, -0.2) is 47.7 Å². The van der Waals surface area contributed by atoms with E-state index in [0.717, 1.165) is 103 Å². The third-order valence-corrected chi connectivity index (χ3v) is 34.0. The van der Waals surface area contributed by atoms with Gasteiger partial charge in [0.2, 0.25) is 0 Å². The van der Waals surface area contributed by atoms with Gasteiger partial charge in [-0.05, 0) is 77.2 Å². The van der Waals surface area contributed by atoms with Gasteiger partial charge in [-0.2, -0.15) is 0 Å². The summed E-state index contributed by atoms with van der Waals surface area (Å²) in [6, 6.07) is 0.